The second-order valence-corrected chi connectivity index (χ2v) is 9.51. The number of nitrogens with zero attached hydrogens (tertiary/aromatic N) is 6. The van der Waals surface area contributed by atoms with Crippen molar-refractivity contribution >= 4 is 34.4 Å². The first kappa shape index (κ1) is 22.1. The first-order valence-electron chi connectivity index (χ1n) is 10.7. The molecule has 11 heteroatoms. The molecule has 4 heterocycles. The Morgan fingerprint density at radius 3 is 2.88 bits per heavy atom. The zero-order valence-electron chi connectivity index (χ0n) is 18.4. The highest BCUT2D eigenvalue weighted by molar-refractivity contribution is 7.94. The van der Waals surface area contributed by atoms with E-state index in [1.807, 2.05) is 22.0 Å². The zero-order valence-corrected chi connectivity index (χ0v) is 20.0. The van der Waals surface area contributed by atoms with Crippen molar-refractivity contribution in [2.24, 2.45) is 0 Å². The van der Waals surface area contributed by atoms with Crippen LogP contribution in [0.2, 0.25) is 0 Å². The molecule has 1 saturated heterocycles. The number of hydrogen-bond acceptors (Lipinski definition) is 9. The molecule has 3 aromatic heterocycles. The van der Waals surface area contributed by atoms with Gasteiger partial charge in [0, 0.05) is 68.2 Å². The molecule has 0 unspecified atom stereocenters. The summed E-state index contributed by atoms with van der Waals surface area (Å²) in [5, 5.41) is 5.32. The standard InChI is InChI=1S/C22H24FN7OS2/c1-3-28-10-11-29(33-28)9-8-25-21-24-7-6-17(26-21)20-19(27-22-30(20)12-13-32-22)15-4-5-16(23)18(14-15)31-2/h4-7,12-14H,3,8-11H2,1-2H3,(H,24,25,26). The van der Waals surface area contributed by atoms with Gasteiger partial charge in [0.15, 0.2) is 16.5 Å². The minimum Gasteiger partial charge on any atom is -0.494 e. The van der Waals surface area contributed by atoms with Gasteiger partial charge in [-0.1, -0.05) is 6.92 Å². The van der Waals surface area contributed by atoms with Crippen LogP contribution in [0.25, 0.3) is 27.6 Å². The molecule has 1 aromatic carbocycles. The number of fused-ring (bicyclic) bond motifs is 1. The molecular weight excluding hydrogens is 461 g/mol. The summed E-state index contributed by atoms with van der Waals surface area (Å²) in [5.41, 5.74) is 3.06. The second kappa shape index (κ2) is 9.64. The maximum atomic E-state index is 14.0. The molecule has 0 atom stereocenters. The van der Waals surface area contributed by atoms with E-state index in [1.165, 1.54) is 24.5 Å². The minimum atomic E-state index is -0.407. The van der Waals surface area contributed by atoms with Gasteiger partial charge in [-0.3, -0.25) is 4.40 Å². The van der Waals surface area contributed by atoms with E-state index in [0.717, 1.165) is 60.3 Å². The quantitative estimate of drug-likeness (QED) is 0.371. The molecule has 0 saturated carbocycles. The Kier molecular flexibility index (Phi) is 6.45. The molecule has 0 amide bonds. The summed E-state index contributed by atoms with van der Waals surface area (Å²) in [7, 11) is 1.46. The van der Waals surface area contributed by atoms with Crippen LogP contribution in [-0.4, -0.2) is 67.8 Å². The summed E-state index contributed by atoms with van der Waals surface area (Å²) >= 11 is 3.33. The zero-order chi connectivity index (χ0) is 22.8. The Morgan fingerprint density at radius 1 is 1.18 bits per heavy atom. The molecule has 0 bridgehead atoms. The summed E-state index contributed by atoms with van der Waals surface area (Å²) < 4.78 is 25.9. The number of anilines is 1. The fourth-order valence-corrected chi connectivity index (χ4v) is 5.40. The van der Waals surface area contributed by atoms with Gasteiger partial charge in [0.1, 0.15) is 5.69 Å². The summed E-state index contributed by atoms with van der Waals surface area (Å²) in [4.78, 5) is 14.8. The molecule has 1 aliphatic heterocycles. The van der Waals surface area contributed by atoms with Gasteiger partial charge in [-0.25, -0.2) is 28.0 Å². The molecule has 1 fully saturated rings. The highest BCUT2D eigenvalue weighted by atomic mass is 32.2. The highest BCUT2D eigenvalue weighted by Gasteiger charge is 2.21. The van der Waals surface area contributed by atoms with Crippen LogP contribution in [0.4, 0.5) is 10.3 Å². The molecule has 33 heavy (non-hydrogen) atoms. The third-order valence-electron chi connectivity index (χ3n) is 5.41. The van der Waals surface area contributed by atoms with E-state index in [-0.39, 0.29) is 5.75 Å². The van der Waals surface area contributed by atoms with Crippen molar-refractivity contribution in [1.29, 1.82) is 0 Å². The highest BCUT2D eigenvalue weighted by Crippen LogP contribution is 2.35. The maximum Gasteiger partial charge on any atom is 0.223 e. The molecule has 5 rings (SSSR count). The predicted octanol–water partition coefficient (Wildman–Crippen LogP) is 4.28. The Bertz CT molecular complexity index is 1260. The van der Waals surface area contributed by atoms with Crippen molar-refractivity contribution in [2.75, 3.05) is 45.2 Å². The minimum absolute atomic E-state index is 0.182. The van der Waals surface area contributed by atoms with Crippen LogP contribution in [0.5, 0.6) is 5.75 Å². The molecule has 0 spiro atoms. The first-order chi connectivity index (χ1) is 16.2. The summed E-state index contributed by atoms with van der Waals surface area (Å²) in [6.45, 7) is 7.00. The summed E-state index contributed by atoms with van der Waals surface area (Å²) in [6, 6.07) is 6.64. The van der Waals surface area contributed by atoms with Crippen LogP contribution >= 0.6 is 23.5 Å². The second-order valence-electron chi connectivity index (χ2n) is 7.44. The summed E-state index contributed by atoms with van der Waals surface area (Å²) in [5.74, 6) is 0.341. The van der Waals surface area contributed by atoms with Gasteiger partial charge in [-0.05, 0) is 24.3 Å². The Morgan fingerprint density at radius 2 is 2.06 bits per heavy atom. The van der Waals surface area contributed by atoms with Crippen molar-refractivity contribution in [3.05, 3.63) is 47.9 Å². The molecule has 0 radical (unpaired) electrons. The van der Waals surface area contributed by atoms with Crippen molar-refractivity contribution in [1.82, 2.24) is 28.0 Å². The third kappa shape index (κ3) is 4.54. The van der Waals surface area contributed by atoms with Gasteiger partial charge in [-0.2, -0.15) is 0 Å². The number of ether oxygens (including phenoxy) is 1. The number of thiazole rings is 1. The van der Waals surface area contributed by atoms with E-state index in [0.29, 0.717) is 5.95 Å². The lowest BCUT2D eigenvalue weighted by Crippen LogP contribution is -2.22. The molecule has 8 nitrogen and oxygen atoms in total. The van der Waals surface area contributed by atoms with Gasteiger partial charge >= 0.3 is 0 Å². The lowest BCUT2D eigenvalue weighted by atomic mass is 10.1. The Balaban J connectivity index is 1.41. The smallest absolute Gasteiger partial charge is 0.223 e. The normalized spacial score (nSPS) is 14.9. The molecule has 172 valence electrons. The first-order valence-corrected chi connectivity index (χ1v) is 12.3. The average molecular weight is 486 g/mol. The van der Waals surface area contributed by atoms with Crippen molar-refractivity contribution in [3.63, 3.8) is 0 Å². The number of halogens is 1. The average Bonchev–Trinajstić information content (AvgIpc) is 3.55. The number of hydrogen-bond donors (Lipinski definition) is 1. The van der Waals surface area contributed by atoms with Crippen LogP contribution in [0.1, 0.15) is 6.92 Å². The van der Waals surface area contributed by atoms with E-state index >= 15 is 0 Å². The number of likely N-dealkylation sites (N-methyl/N-ethyl adjacent to an activating group) is 1. The predicted molar refractivity (Wildman–Crippen MR) is 131 cm³/mol. The Hall–Kier alpha value is -2.73. The lowest BCUT2D eigenvalue weighted by Gasteiger charge is -2.15. The van der Waals surface area contributed by atoms with E-state index in [4.69, 9.17) is 14.7 Å². The number of imidazole rings is 1. The van der Waals surface area contributed by atoms with Gasteiger partial charge in [-0.15, -0.1) is 11.3 Å². The molecule has 1 N–H and O–H groups in total. The fourth-order valence-electron chi connectivity index (χ4n) is 3.74. The largest absolute Gasteiger partial charge is 0.494 e. The maximum absolute atomic E-state index is 14.0. The van der Waals surface area contributed by atoms with E-state index in [2.05, 4.69) is 25.8 Å². The monoisotopic (exact) mass is 485 g/mol. The fraction of sp³-hybridized carbons (Fsp3) is 0.318. The van der Waals surface area contributed by atoms with Gasteiger partial charge in [0.25, 0.3) is 0 Å². The molecule has 1 aliphatic rings. The van der Waals surface area contributed by atoms with Crippen molar-refractivity contribution < 1.29 is 9.13 Å². The van der Waals surface area contributed by atoms with Crippen molar-refractivity contribution in [3.8, 4) is 28.4 Å². The number of nitrogens with one attached hydrogen (secondary N) is 1. The van der Waals surface area contributed by atoms with E-state index in [1.54, 1.807) is 30.5 Å². The van der Waals surface area contributed by atoms with Crippen LogP contribution in [0.15, 0.2) is 42.0 Å². The Labute approximate surface area is 199 Å². The molecule has 4 aromatic rings. The van der Waals surface area contributed by atoms with Gasteiger partial charge < -0.3 is 10.1 Å². The summed E-state index contributed by atoms with van der Waals surface area (Å²) in [6.07, 6.45) is 3.71. The van der Waals surface area contributed by atoms with Crippen LogP contribution < -0.4 is 10.1 Å². The third-order valence-corrected chi connectivity index (χ3v) is 7.44. The van der Waals surface area contributed by atoms with E-state index in [9.17, 15) is 4.39 Å². The number of rotatable bonds is 8. The SMILES string of the molecule is CCN1CCN(CCNc2nccc(-c3c(-c4ccc(F)c(OC)c4)nc4sccn34)n2)S1. The lowest BCUT2D eigenvalue weighted by molar-refractivity contribution is 0.387. The van der Waals surface area contributed by atoms with Gasteiger partial charge in [0.05, 0.1) is 18.5 Å². The number of aromatic nitrogens is 4. The van der Waals surface area contributed by atoms with E-state index < -0.39 is 5.82 Å². The number of methoxy groups -OCH3 is 1. The van der Waals surface area contributed by atoms with Gasteiger partial charge in [0.2, 0.25) is 5.95 Å². The molecule has 0 aliphatic carbocycles. The van der Waals surface area contributed by atoms with Crippen LogP contribution in [0, 0.1) is 5.82 Å². The number of benzene rings is 1. The molecular formula is C22H24FN7OS2. The van der Waals surface area contributed by atoms with Crippen molar-refractivity contribution in [2.45, 2.75) is 6.92 Å². The van der Waals surface area contributed by atoms with Crippen LogP contribution in [0.3, 0.4) is 0 Å². The topological polar surface area (TPSA) is 70.8 Å². The van der Waals surface area contributed by atoms with Crippen LogP contribution in [-0.2, 0) is 0 Å².